The van der Waals surface area contributed by atoms with Crippen molar-refractivity contribution in [1.82, 2.24) is 20.8 Å². The normalized spacial score (nSPS) is 20.9. The van der Waals surface area contributed by atoms with Crippen molar-refractivity contribution in [2.45, 2.75) is 44.4 Å². The number of aromatic nitrogens is 2. The zero-order chi connectivity index (χ0) is 16.1. The molecule has 3 rings (SSSR count). The molecule has 2 unspecified atom stereocenters. The van der Waals surface area contributed by atoms with E-state index in [0.717, 1.165) is 41.3 Å². The molecule has 1 aromatic carbocycles. The fraction of sp³-hybridized carbons (Fsp3) is 0.438. The molecule has 0 spiro atoms. The highest BCUT2D eigenvalue weighted by molar-refractivity contribution is 7.14. The Morgan fingerprint density at radius 3 is 2.78 bits per heavy atom. The third-order valence-corrected chi connectivity index (χ3v) is 4.91. The average Bonchev–Trinajstić information content (AvgIpc) is 3.05. The molecule has 6 nitrogen and oxygen atoms in total. The van der Waals surface area contributed by atoms with Gasteiger partial charge in [0.25, 0.3) is 0 Å². The Bertz CT molecular complexity index is 647. The van der Waals surface area contributed by atoms with Crippen molar-refractivity contribution in [2.75, 3.05) is 0 Å². The molecule has 1 fully saturated rings. The van der Waals surface area contributed by atoms with Gasteiger partial charge in [-0.15, -0.1) is 10.2 Å². The monoisotopic (exact) mass is 332 g/mol. The van der Waals surface area contributed by atoms with Crippen LogP contribution in [0.5, 0.6) is 0 Å². The van der Waals surface area contributed by atoms with E-state index in [1.807, 2.05) is 30.3 Å². The van der Waals surface area contributed by atoms with E-state index in [9.17, 15) is 9.90 Å². The van der Waals surface area contributed by atoms with E-state index >= 15 is 0 Å². The largest absolute Gasteiger partial charge is 0.391 e. The number of nitrogens with one attached hydrogen (secondary N) is 2. The summed E-state index contributed by atoms with van der Waals surface area (Å²) in [5, 5.41) is 25.3. The second kappa shape index (κ2) is 7.52. The molecule has 0 radical (unpaired) electrons. The highest BCUT2D eigenvalue weighted by Crippen LogP contribution is 2.23. The summed E-state index contributed by atoms with van der Waals surface area (Å²) in [5.74, 6) is 0. The maximum absolute atomic E-state index is 11.9. The number of carbonyl (C=O) groups excluding carboxylic acids is 1. The molecule has 1 aliphatic rings. The Morgan fingerprint density at radius 2 is 2.00 bits per heavy atom. The van der Waals surface area contributed by atoms with Gasteiger partial charge in [-0.05, 0) is 12.8 Å². The second-order valence-corrected chi connectivity index (χ2v) is 6.71. The summed E-state index contributed by atoms with van der Waals surface area (Å²) in [6, 6.07) is 9.40. The summed E-state index contributed by atoms with van der Waals surface area (Å²) >= 11 is 1.46. The fourth-order valence-corrected chi connectivity index (χ4v) is 3.46. The Hall–Kier alpha value is -1.99. The van der Waals surface area contributed by atoms with Gasteiger partial charge < -0.3 is 15.7 Å². The van der Waals surface area contributed by atoms with Crippen LogP contribution in [-0.4, -0.2) is 33.5 Å². The number of rotatable bonds is 4. The highest BCUT2D eigenvalue weighted by atomic mass is 32.1. The first-order chi connectivity index (χ1) is 11.2. The minimum absolute atomic E-state index is 0.155. The van der Waals surface area contributed by atoms with Gasteiger partial charge in [0.1, 0.15) is 10.0 Å². The van der Waals surface area contributed by atoms with Crippen molar-refractivity contribution in [1.29, 1.82) is 0 Å². The molecule has 7 heteroatoms. The van der Waals surface area contributed by atoms with Gasteiger partial charge in [0, 0.05) is 5.56 Å². The molecule has 3 N–H and O–H groups in total. The zero-order valence-electron chi connectivity index (χ0n) is 12.7. The van der Waals surface area contributed by atoms with Crippen LogP contribution in [0.15, 0.2) is 30.3 Å². The predicted molar refractivity (Wildman–Crippen MR) is 89.0 cm³/mol. The maximum atomic E-state index is 11.9. The van der Waals surface area contributed by atoms with Crippen molar-refractivity contribution in [3.63, 3.8) is 0 Å². The summed E-state index contributed by atoms with van der Waals surface area (Å²) in [6.45, 7) is 0.332. The van der Waals surface area contributed by atoms with Crippen molar-refractivity contribution in [3.8, 4) is 10.6 Å². The van der Waals surface area contributed by atoms with Gasteiger partial charge in [-0.2, -0.15) is 0 Å². The van der Waals surface area contributed by atoms with Crippen LogP contribution in [0, 0.1) is 0 Å². The minimum atomic E-state index is -0.444. The lowest BCUT2D eigenvalue weighted by atomic mass is 9.93. The molecule has 2 amide bonds. The van der Waals surface area contributed by atoms with Crippen molar-refractivity contribution in [2.24, 2.45) is 0 Å². The molecule has 2 aromatic rings. The molecule has 0 bridgehead atoms. The number of urea groups is 1. The number of nitrogens with zero attached hydrogens (tertiary/aromatic N) is 2. The molecule has 0 aliphatic heterocycles. The third-order valence-electron chi connectivity index (χ3n) is 3.93. The third kappa shape index (κ3) is 4.27. The van der Waals surface area contributed by atoms with E-state index in [4.69, 9.17) is 0 Å². The van der Waals surface area contributed by atoms with Gasteiger partial charge in [0.05, 0.1) is 18.7 Å². The molecule has 2 atom stereocenters. The van der Waals surface area contributed by atoms with Gasteiger partial charge in [-0.1, -0.05) is 54.5 Å². The number of amides is 2. The summed E-state index contributed by atoms with van der Waals surface area (Å²) in [7, 11) is 0. The second-order valence-electron chi connectivity index (χ2n) is 5.65. The van der Waals surface area contributed by atoms with Gasteiger partial charge in [-0.25, -0.2) is 4.79 Å². The minimum Gasteiger partial charge on any atom is -0.391 e. The summed E-state index contributed by atoms with van der Waals surface area (Å²) in [6.07, 6.45) is 3.20. The molecule has 1 heterocycles. The molecule has 23 heavy (non-hydrogen) atoms. The lowest BCUT2D eigenvalue weighted by molar-refractivity contribution is 0.0943. The average molecular weight is 332 g/mol. The van der Waals surface area contributed by atoms with E-state index in [-0.39, 0.29) is 12.1 Å². The quantitative estimate of drug-likeness (QED) is 0.802. The van der Waals surface area contributed by atoms with E-state index in [0.29, 0.717) is 6.54 Å². The molecule has 1 saturated carbocycles. The lowest BCUT2D eigenvalue weighted by Crippen LogP contribution is -2.48. The fourth-order valence-electron chi connectivity index (χ4n) is 2.68. The molecular formula is C16H20N4O2S. The molecule has 122 valence electrons. The lowest BCUT2D eigenvalue weighted by Gasteiger charge is -2.28. The topological polar surface area (TPSA) is 87.1 Å². The van der Waals surface area contributed by atoms with Gasteiger partial charge in [0.15, 0.2) is 0 Å². The van der Waals surface area contributed by atoms with Crippen LogP contribution in [0.25, 0.3) is 10.6 Å². The number of hydrogen-bond donors (Lipinski definition) is 3. The number of carbonyl (C=O) groups is 1. The van der Waals surface area contributed by atoms with Gasteiger partial charge in [-0.3, -0.25) is 0 Å². The van der Waals surface area contributed by atoms with Gasteiger partial charge in [0.2, 0.25) is 0 Å². The van der Waals surface area contributed by atoms with E-state index in [1.165, 1.54) is 11.3 Å². The number of benzene rings is 1. The van der Waals surface area contributed by atoms with Crippen molar-refractivity contribution in [3.05, 3.63) is 35.3 Å². The summed E-state index contributed by atoms with van der Waals surface area (Å²) in [5.41, 5.74) is 1.02. The summed E-state index contributed by atoms with van der Waals surface area (Å²) < 4.78 is 0. The zero-order valence-corrected chi connectivity index (χ0v) is 13.6. The highest BCUT2D eigenvalue weighted by Gasteiger charge is 2.24. The standard InChI is InChI=1S/C16H20N4O2S/c21-13-9-5-4-8-12(13)18-16(22)17-10-14-19-20-15(23-14)11-6-2-1-3-7-11/h1-3,6-7,12-13,21H,4-5,8-10H2,(H2,17,18,22). The van der Waals surface area contributed by atoms with Crippen molar-refractivity contribution >= 4 is 17.4 Å². The molecule has 1 aliphatic carbocycles. The van der Waals surface area contributed by atoms with Crippen LogP contribution in [-0.2, 0) is 6.54 Å². The Morgan fingerprint density at radius 1 is 1.22 bits per heavy atom. The maximum Gasteiger partial charge on any atom is 0.315 e. The Kier molecular flexibility index (Phi) is 5.19. The van der Waals surface area contributed by atoms with E-state index in [2.05, 4.69) is 20.8 Å². The first kappa shape index (κ1) is 15.9. The van der Waals surface area contributed by atoms with Crippen LogP contribution in [0.2, 0.25) is 0 Å². The Balaban J connectivity index is 1.50. The number of aliphatic hydroxyl groups is 1. The van der Waals surface area contributed by atoms with E-state index in [1.54, 1.807) is 0 Å². The van der Waals surface area contributed by atoms with Crippen LogP contribution >= 0.6 is 11.3 Å². The molecular weight excluding hydrogens is 312 g/mol. The first-order valence-electron chi connectivity index (χ1n) is 7.82. The number of hydrogen-bond acceptors (Lipinski definition) is 5. The summed E-state index contributed by atoms with van der Waals surface area (Å²) in [4.78, 5) is 11.9. The van der Waals surface area contributed by atoms with Gasteiger partial charge >= 0.3 is 6.03 Å². The predicted octanol–water partition coefficient (Wildman–Crippen LogP) is 2.31. The van der Waals surface area contributed by atoms with Crippen LogP contribution in [0.4, 0.5) is 4.79 Å². The van der Waals surface area contributed by atoms with Crippen molar-refractivity contribution < 1.29 is 9.90 Å². The SMILES string of the molecule is O=C(NCc1nnc(-c2ccccc2)s1)NC1CCCCC1O. The molecule has 0 saturated heterocycles. The number of aliphatic hydroxyl groups excluding tert-OH is 1. The first-order valence-corrected chi connectivity index (χ1v) is 8.64. The van der Waals surface area contributed by atoms with Crippen LogP contribution in [0.1, 0.15) is 30.7 Å². The molecule has 1 aromatic heterocycles. The Labute approximate surface area is 139 Å². The van der Waals surface area contributed by atoms with Crippen LogP contribution < -0.4 is 10.6 Å². The van der Waals surface area contributed by atoms with Crippen LogP contribution in [0.3, 0.4) is 0 Å². The smallest absolute Gasteiger partial charge is 0.315 e. The van der Waals surface area contributed by atoms with E-state index < -0.39 is 6.10 Å².